The van der Waals surface area contributed by atoms with Crippen molar-refractivity contribution in [2.24, 2.45) is 5.92 Å². The van der Waals surface area contributed by atoms with Gasteiger partial charge in [-0.15, -0.1) is 11.6 Å². The Labute approximate surface area is 106 Å². The summed E-state index contributed by atoms with van der Waals surface area (Å²) in [5.74, 6) is 1.68. The van der Waals surface area contributed by atoms with E-state index in [-0.39, 0.29) is 0 Å². The van der Waals surface area contributed by atoms with Gasteiger partial charge in [-0.3, -0.25) is 0 Å². The van der Waals surface area contributed by atoms with E-state index >= 15 is 0 Å². The highest BCUT2D eigenvalue weighted by atomic mass is 35.5. The number of alkyl halides is 1. The molecule has 0 saturated heterocycles. The molecule has 5 heteroatoms. The van der Waals surface area contributed by atoms with Gasteiger partial charge in [0.1, 0.15) is 5.82 Å². The summed E-state index contributed by atoms with van der Waals surface area (Å²) in [4.78, 5) is 4.44. The van der Waals surface area contributed by atoms with Gasteiger partial charge >= 0.3 is 0 Å². The summed E-state index contributed by atoms with van der Waals surface area (Å²) in [5, 5.41) is 4.72. The Kier molecular flexibility index (Phi) is 4.41. The molecule has 0 amide bonds. The van der Waals surface area contributed by atoms with Crippen molar-refractivity contribution < 1.29 is 0 Å². The molecule has 1 fully saturated rings. The van der Waals surface area contributed by atoms with E-state index in [1.165, 1.54) is 18.0 Å². The Morgan fingerprint density at radius 2 is 2.38 bits per heavy atom. The van der Waals surface area contributed by atoms with Crippen molar-refractivity contribution in [3.8, 4) is 0 Å². The number of nitrogens with one attached hydrogen (secondary N) is 1. The van der Waals surface area contributed by atoms with Crippen molar-refractivity contribution in [1.29, 1.82) is 0 Å². The highest BCUT2D eigenvalue weighted by Crippen LogP contribution is 2.29. The van der Waals surface area contributed by atoms with Gasteiger partial charge < -0.3 is 5.32 Å². The molecule has 2 rings (SSSR count). The van der Waals surface area contributed by atoms with E-state index in [1.54, 1.807) is 0 Å². The Morgan fingerprint density at radius 3 is 3.06 bits per heavy atom. The lowest BCUT2D eigenvalue weighted by atomic mass is 10.1. The van der Waals surface area contributed by atoms with Crippen molar-refractivity contribution in [2.45, 2.75) is 44.4 Å². The minimum absolute atomic E-state index is 0.386. The number of aryl methyl sites for hydroxylation is 1. The Bertz CT molecular complexity index is 329. The third kappa shape index (κ3) is 3.32. The number of halogens is 1. The van der Waals surface area contributed by atoms with E-state index in [4.69, 9.17) is 11.6 Å². The molecular weight excluding hydrogens is 242 g/mol. The lowest BCUT2D eigenvalue weighted by molar-refractivity contribution is 0.580. The molecule has 90 valence electrons. The van der Waals surface area contributed by atoms with E-state index in [2.05, 4.69) is 21.6 Å². The van der Waals surface area contributed by atoms with Crippen molar-refractivity contribution in [3.63, 3.8) is 0 Å². The third-order valence-corrected chi connectivity index (χ3v) is 4.07. The van der Waals surface area contributed by atoms with E-state index < -0.39 is 0 Å². The van der Waals surface area contributed by atoms with Gasteiger partial charge in [0.25, 0.3) is 0 Å². The van der Waals surface area contributed by atoms with Crippen molar-refractivity contribution in [1.82, 2.24) is 9.36 Å². The third-order valence-electron chi connectivity index (χ3n) is 2.96. The van der Waals surface area contributed by atoms with Gasteiger partial charge in [-0.1, -0.05) is 6.92 Å². The van der Waals surface area contributed by atoms with E-state index in [0.29, 0.717) is 11.3 Å². The van der Waals surface area contributed by atoms with Crippen LogP contribution in [0.5, 0.6) is 0 Å². The molecule has 3 nitrogen and oxygen atoms in total. The van der Waals surface area contributed by atoms with Crippen LogP contribution in [0.2, 0.25) is 0 Å². The molecule has 1 N–H and O–H groups in total. The lowest BCUT2D eigenvalue weighted by Gasteiger charge is -2.08. The van der Waals surface area contributed by atoms with Crippen LogP contribution in [0.4, 0.5) is 5.13 Å². The van der Waals surface area contributed by atoms with Gasteiger partial charge in [-0.05, 0) is 31.6 Å². The predicted octanol–water partition coefficient (Wildman–Crippen LogP) is 3.31. The fraction of sp³-hybridized carbons (Fsp3) is 0.818. The van der Waals surface area contributed by atoms with Crippen molar-refractivity contribution in [2.75, 3.05) is 11.9 Å². The van der Waals surface area contributed by atoms with Crippen molar-refractivity contribution >= 4 is 28.3 Å². The standard InChI is InChI=1S/C11H18ClN3S/c1-2-3-10-14-11(16-15-10)13-7-8-4-5-9(12)6-8/h8-9H,2-7H2,1H3,(H,13,14,15). The molecule has 0 radical (unpaired) electrons. The van der Waals surface area contributed by atoms with Crippen LogP contribution in [0.15, 0.2) is 0 Å². The summed E-state index contributed by atoms with van der Waals surface area (Å²) in [5.41, 5.74) is 0. The summed E-state index contributed by atoms with van der Waals surface area (Å²) in [6.07, 6.45) is 5.61. The first-order chi connectivity index (χ1) is 7.78. The number of rotatable bonds is 5. The quantitative estimate of drug-likeness (QED) is 0.825. The zero-order chi connectivity index (χ0) is 11.4. The van der Waals surface area contributed by atoms with Crippen LogP contribution in [0.3, 0.4) is 0 Å². The van der Waals surface area contributed by atoms with Gasteiger partial charge in [0, 0.05) is 29.9 Å². The second-order valence-electron chi connectivity index (χ2n) is 4.42. The highest BCUT2D eigenvalue weighted by Gasteiger charge is 2.22. The number of anilines is 1. The molecule has 1 heterocycles. The molecule has 1 aliphatic carbocycles. The maximum absolute atomic E-state index is 6.08. The van der Waals surface area contributed by atoms with Crippen LogP contribution in [0.1, 0.15) is 38.4 Å². The summed E-state index contributed by atoms with van der Waals surface area (Å²) in [6.45, 7) is 3.14. The van der Waals surface area contributed by atoms with Crippen LogP contribution < -0.4 is 5.32 Å². The van der Waals surface area contributed by atoms with E-state index in [1.807, 2.05) is 0 Å². The van der Waals surface area contributed by atoms with Crippen LogP contribution in [0.25, 0.3) is 0 Å². The average Bonchev–Trinajstić information content (AvgIpc) is 2.85. The molecule has 1 aliphatic rings. The fourth-order valence-electron chi connectivity index (χ4n) is 2.08. The molecule has 16 heavy (non-hydrogen) atoms. The first-order valence-electron chi connectivity index (χ1n) is 5.98. The molecule has 2 unspecified atom stereocenters. The second-order valence-corrected chi connectivity index (χ2v) is 5.79. The van der Waals surface area contributed by atoms with Crippen LogP contribution >= 0.6 is 23.1 Å². The maximum atomic E-state index is 6.08. The fourth-order valence-corrected chi connectivity index (χ4v) is 3.08. The van der Waals surface area contributed by atoms with Crippen LogP contribution in [-0.2, 0) is 6.42 Å². The van der Waals surface area contributed by atoms with Crippen LogP contribution in [-0.4, -0.2) is 21.3 Å². The maximum Gasteiger partial charge on any atom is 0.202 e. The SMILES string of the molecule is CCCc1nsc(NCC2CCC(Cl)C2)n1. The monoisotopic (exact) mass is 259 g/mol. The van der Waals surface area contributed by atoms with Gasteiger partial charge in [0.2, 0.25) is 5.13 Å². The highest BCUT2D eigenvalue weighted by molar-refractivity contribution is 7.09. The van der Waals surface area contributed by atoms with Gasteiger partial charge in [-0.2, -0.15) is 4.37 Å². The van der Waals surface area contributed by atoms with Crippen LogP contribution in [0, 0.1) is 5.92 Å². The zero-order valence-electron chi connectivity index (χ0n) is 9.58. The van der Waals surface area contributed by atoms with Gasteiger partial charge in [0.05, 0.1) is 0 Å². The second kappa shape index (κ2) is 5.82. The molecule has 0 spiro atoms. The molecule has 0 aromatic carbocycles. The summed E-state index contributed by atoms with van der Waals surface area (Å²) in [7, 11) is 0. The first-order valence-corrected chi connectivity index (χ1v) is 7.19. The number of hydrogen-bond acceptors (Lipinski definition) is 4. The molecule has 1 saturated carbocycles. The smallest absolute Gasteiger partial charge is 0.202 e. The molecular formula is C11H18ClN3S. The minimum Gasteiger partial charge on any atom is -0.360 e. The lowest BCUT2D eigenvalue weighted by Crippen LogP contribution is -2.11. The Hall–Kier alpha value is -0.350. The molecule has 2 atom stereocenters. The summed E-state index contributed by atoms with van der Waals surface area (Å²) < 4.78 is 4.31. The van der Waals surface area contributed by atoms with Gasteiger partial charge in [0.15, 0.2) is 0 Å². The van der Waals surface area contributed by atoms with Crippen molar-refractivity contribution in [3.05, 3.63) is 5.82 Å². The number of nitrogens with zero attached hydrogens (tertiary/aromatic N) is 2. The Morgan fingerprint density at radius 1 is 1.50 bits per heavy atom. The summed E-state index contributed by atoms with van der Waals surface area (Å²) >= 11 is 7.55. The van der Waals surface area contributed by atoms with Gasteiger partial charge in [-0.25, -0.2) is 4.98 Å². The Balaban J connectivity index is 1.76. The normalized spacial score (nSPS) is 24.9. The average molecular weight is 260 g/mol. The minimum atomic E-state index is 0.386. The molecule has 0 aliphatic heterocycles. The largest absolute Gasteiger partial charge is 0.360 e. The molecule has 1 aromatic heterocycles. The molecule has 1 aromatic rings. The van der Waals surface area contributed by atoms with E-state index in [0.717, 1.165) is 43.2 Å². The number of hydrogen-bond donors (Lipinski definition) is 1. The zero-order valence-corrected chi connectivity index (χ0v) is 11.2. The number of aromatic nitrogens is 2. The van der Waals surface area contributed by atoms with E-state index in [9.17, 15) is 0 Å². The summed E-state index contributed by atoms with van der Waals surface area (Å²) in [6, 6.07) is 0. The predicted molar refractivity (Wildman–Crippen MR) is 69.4 cm³/mol. The molecule has 0 bridgehead atoms. The topological polar surface area (TPSA) is 37.8 Å². The first kappa shape index (κ1) is 12.1.